The van der Waals surface area contributed by atoms with E-state index in [2.05, 4.69) is 5.32 Å². The van der Waals surface area contributed by atoms with Gasteiger partial charge in [-0.25, -0.2) is 0 Å². The first-order chi connectivity index (χ1) is 12.6. The summed E-state index contributed by atoms with van der Waals surface area (Å²) >= 11 is 0. The number of rotatable bonds is 7. The SMILES string of the molecule is COCCCNC(=O)C1c2ccccc2C(=O)N1Cc1ccccc1C. The van der Waals surface area contributed by atoms with Gasteiger partial charge in [0.05, 0.1) is 0 Å². The Labute approximate surface area is 154 Å². The predicted octanol–water partition coefficient (Wildman–Crippen LogP) is 2.84. The Morgan fingerprint density at radius 2 is 1.88 bits per heavy atom. The maximum Gasteiger partial charge on any atom is 0.255 e. The quantitative estimate of drug-likeness (QED) is 0.780. The van der Waals surface area contributed by atoms with Gasteiger partial charge in [0.2, 0.25) is 5.91 Å². The molecule has 5 heteroatoms. The first-order valence-corrected chi connectivity index (χ1v) is 8.84. The third kappa shape index (κ3) is 3.63. The van der Waals surface area contributed by atoms with Crippen molar-refractivity contribution in [3.63, 3.8) is 0 Å². The molecule has 0 saturated heterocycles. The smallest absolute Gasteiger partial charge is 0.255 e. The Hall–Kier alpha value is -2.66. The summed E-state index contributed by atoms with van der Waals surface area (Å²) in [7, 11) is 1.64. The first-order valence-electron chi connectivity index (χ1n) is 8.84. The van der Waals surface area contributed by atoms with Crippen LogP contribution in [0.2, 0.25) is 0 Å². The topological polar surface area (TPSA) is 58.6 Å². The van der Waals surface area contributed by atoms with Crippen molar-refractivity contribution in [2.45, 2.75) is 25.9 Å². The van der Waals surface area contributed by atoms with Gasteiger partial charge in [-0.1, -0.05) is 42.5 Å². The molecule has 5 nitrogen and oxygen atoms in total. The molecule has 2 amide bonds. The minimum absolute atomic E-state index is 0.0964. The number of nitrogens with zero attached hydrogens (tertiary/aromatic N) is 1. The highest BCUT2D eigenvalue weighted by Gasteiger charge is 2.40. The summed E-state index contributed by atoms with van der Waals surface area (Å²) in [6.07, 6.45) is 0.738. The molecule has 0 aromatic heterocycles. The van der Waals surface area contributed by atoms with Gasteiger partial charge in [-0.2, -0.15) is 0 Å². The number of carbonyl (C=O) groups is 2. The van der Waals surface area contributed by atoms with Crippen molar-refractivity contribution in [2.24, 2.45) is 0 Å². The molecule has 0 saturated carbocycles. The maximum atomic E-state index is 12.9. The fourth-order valence-corrected chi connectivity index (χ4v) is 3.31. The summed E-state index contributed by atoms with van der Waals surface area (Å²) in [5, 5.41) is 2.94. The molecule has 1 aliphatic heterocycles. The minimum atomic E-state index is -0.596. The average Bonchev–Trinajstić information content (AvgIpc) is 2.93. The van der Waals surface area contributed by atoms with Gasteiger partial charge in [-0.15, -0.1) is 0 Å². The van der Waals surface area contributed by atoms with Gasteiger partial charge in [0.25, 0.3) is 5.91 Å². The van der Waals surface area contributed by atoms with Crippen LogP contribution in [0.4, 0.5) is 0 Å². The van der Waals surface area contributed by atoms with Crippen LogP contribution in [-0.4, -0.2) is 37.0 Å². The van der Waals surface area contributed by atoms with Crippen LogP contribution in [0.15, 0.2) is 48.5 Å². The van der Waals surface area contributed by atoms with E-state index in [9.17, 15) is 9.59 Å². The minimum Gasteiger partial charge on any atom is -0.385 e. The van der Waals surface area contributed by atoms with Gasteiger partial charge < -0.3 is 15.0 Å². The zero-order chi connectivity index (χ0) is 18.5. The summed E-state index contributed by atoms with van der Waals surface area (Å²) in [6.45, 7) is 3.55. The molecule has 1 atom stereocenters. The predicted molar refractivity (Wildman–Crippen MR) is 99.7 cm³/mol. The van der Waals surface area contributed by atoms with Gasteiger partial charge in [-0.05, 0) is 36.1 Å². The van der Waals surface area contributed by atoms with Gasteiger partial charge in [-0.3, -0.25) is 9.59 Å². The average molecular weight is 352 g/mol. The lowest BCUT2D eigenvalue weighted by Crippen LogP contribution is -2.39. The first kappa shape index (κ1) is 18.1. The zero-order valence-corrected chi connectivity index (χ0v) is 15.2. The number of benzene rings is 2. The molecule has 26 heavy (non-hydrogen) atoms. The van der Waals surface area contributed by atoms with E-state index < -0.39 is 6.04 Å². The normalized spacial score (nSPS) is 15.8. The van der Waals surface area contributed by atoms with Crippen molar-refractivity contribution in [3.05, 3.63) is 70.8 Å². The molecule has 0 spiro atoms. The largest absolute Gasteiger partial charge is 0.385 e. The van der Waals surface area contributed by atoms with E-state index in [-0.39, 0.29) is 11.8 Å². The second-order valence-electron chi connectivity index (χ2n) is 6.49. The van der Waals surface area contributed by atoms with Crippen LogP contribution in [0.1, 0.15) is 39.5 Å². The van der Waals surface area contributed by atoms with Crippen LogP contribution in [0.5, 0.6) is 0 Å². The molecule has 1 unspecified atom stereocenters. The van der Waals surface area contributed by atoms with E-state index in [1.54, 1.807) is 18.1 Å². The zero-order valence-electron chi connectivity index (χ0n) is 15.2. The number of fused-ring (bicyclic) bond motifs is 1. The standard InChI is InChI=1S/C21H24N2O3/c1-15-8-3-4-9-16(15)14-23-19(20(24)22-12-7-13-26-2)17-10-5-6-11-18(17)21(23)25/h3-6,8-11,19H,7,12-14H2,1-2H3,(H,22,24). The lowest BCUT2D eigenvalue weighted by molar-refractivity contribution is -0.125. The number of amides is 2. The number of hydrogen-bond acceptors (Lipinski definition) is 3. The van der Waals surface area contributed by atoms with Gasteiger partial charge >= 0.3 is 0 Å². The van der Waals surface area contributed by atoms with E-state index in [1.807, 2.05) is 49.4 Å². The fourth-order valence-electron chi connectivity index (χ4n) is 3.31. The number of methoxy groups -OCH3 is 1. The number of ether oxygens (including phenoxy) is 1. The second-order valence-corrected chi connectivity index (χ2v) is 6.49. The Morgan fingerprint density at radius 1 is 1.15 bits per heavy atom. The fraction of sp³-hybridized carbons (Fsp3) is 0.333. The van der Waals surface area contributed by atoms with Crippen LogP contribution in [0, 0.1) is 6.92 Å². The summed E-state index contributed by atoms with van der Waals surface area (Å²) in [5.74, 6) is -0.242. The van der Waals surface area contributed by atoms with Crippen molar-refractivity contribution in [1.29, 1.82) is 0 Å². The molecule has 3 rings (SSSR count). The van der Waals surface area contributed by atoms with Crippen molar-refractivity contribution in [3.8, 4) is 0 Å². The number of aryl methyl sites for hydroxylation is 1. The third-order valence-electron chi connectivity index (χ3n) is 4.73. The van der Waals surface area contributed by atoms with Crippen LogP contribution >= 0.6 is 0 Å². The Kier molecular flexibility index (Phi) is 5.68. The second kappa shape index (κ2) is 8.15. The van der Waals surface area contributed by atoms with E-state index in [0.29, 0.717) is 25.3 Å². The molecule has 0 bridgehead atoms. The molecule has 1 heterocycles. The Morgan fingerprint density at radius 3 is 2.65 bits per heavy atom. The molecule has 0 radical (unpaired) electrons. The molecule has 0 aliphatic carbocycles. The summed E-state index contributed by atoms with van der Waals surface area (Å²) < 4.78 is 5.02. The number of carbonyl (C=O) groups excluding carboxylic acids is 2. The Bertz CT molecular complexity index is 803. The Balaban J connectivity index is 1.85. The molecular weight excluding hydrogens is 328 g/mol. The maximum absolute atomic E-state index is 12.9. The van der Waals surface area contributed by atoms with Crippen LogP contribution in [0.3, 0.4) is 0 Å². The summed E-state index contributed by atoms with van der Waals surface area (Å²) in [6, 6.07) is 14.7. The van der Waals surface area contributed by atoms with Crippen molar-refractivity contribution >= 4 is 11.8 Å². The lowest BCUT2D eigenvalue weighted by Gasteiger charge is -2.25. The van der Waals surface area contributed by atoms with Gasteiger partial charge in [0.1, 0.15) is 6.04 Å². The third-order valence-corrected chi connectivity index (χ3v) is 4.73. The van der Waals surface area contributed by atoms with E-state index in [1.165, 1.54) is 0 Å². The van der Waals surface area contributed by atoms with Gasteiger partial charge in [0.15, 0.2) is 0 Å². The summed E-state index contributed by atoms with van der Waals surface area (Å²) in [5.41, 5.74) is 3.54. The monoisotopic (exact) mass is 352 g/mol. The van der Waals surface area contributed by atoms with E-state index >= 15 is 0 Å². The van der Waals surface area contributed by atoms with Crippen LogP contribution in [-0.2, 0) is 16.1 Å². The molecule has 2 aromatic rings. The van der Waals surface area contributed by atoms with Crippen molar-refractivity contribution < 1.29 is 14.3 Å². The molecule has 1 aliphatic rings. The van der Waals surface area contributed by atoms with Crippen molar-refractivity contribution in [1.82, 2.24) is 10.2 Å². The van der Waals surface area contributed by atoms with Crippen LogP contribution < -0.4 is 5.32 Å². The molecule has 1 N–H and O–H groups in total. The highest BCUT2D eigenvalue weighted by Crippen LogP contribution is 2.35. The number of nitrogens with one attached hydrogen (secondary N) is 1. The number of hydrogen-bond donors (Lipinski definition) is 1. The van der Waals surface area contributed by atoms with Gasteiger partial charge in [0, 0.05) is 32.4 Å². The summed E-state index contributed by atoms with van der Waals surface area (Å²) in [4.78, 5) is 27.5. The highest BCUT2D eigenvalue weighted by atomic mass is 16.5. The molecule has 2 aromatic carbocycles. The molecule has 136 valence electrons. The highest BCUT2D eigenvalue weighted by molar-refractivity contribution is 6.04. The van der Waals surface area contributed by atoms with E-state index in [0.717, 1.165) is 23.1 Å². The molecular formula is C21H24N2O3. The molecule has 0 fully saturated rings. The lowest BCUT2D eigenvalue weighted by atomic mass is 10.0. The van der Waals surface area contributed by atoms with Crippen molar-refractivity contribution in [2.75, 3.05) is 20.3 Å². The van der Waals surface area contributed by atoms with Crippen LogP contribution in [0.25, 0.3) is 0 Å². The van der Waals surface area contributed by atoms with E-state index in [4.69, 9.17) is 4.74 Å².